The zero-order valence-electron chi connectivity index (χ0n) is 14.2. The zero-order chi connectivity index (χ0) is 16.8. The van der Waals surface area contributed by atoms with Crippen LogP contribution in [0.25, 0.3) is 0 Å². The summed E-state index contributed by atoms with van der Waals surface area (Å²) in [5.74, 6) is 0.738. The molecule has 2 aliphatic rings. The third kappa shape index (κ3) is 4.69. The molecule has 3 atom stereocenters. The Balaban J connectivity index is 1.49. The van der Waals surface area contributed by atoms with Crippen LogP contribution in [-0.4, -0.2) is 37.3 Å². The molecule has 0 bridgehead atoms. The van der Waals surface area contributed by atoms with Crippen LogP contribution in [0, 0.1) is 0 Å². The summed E-state index contributed by atoms with van der Waals surface area (Å²) in [7, 11) is 0. The van der Waals surface area contributed by atoms with Crippen molar-refractivity contribution in [2.75, 3.05) is 18.5 Å². The van der Waals surface area contributed by atoms with Crippen molar-refractivity contribution in [2.24, 2.45) is 0 Å². The van der Waals surface area contributed by atoms with E-state index in [2.05, 4.69) is 23.1 Å². The van der Waals surface area contributed by atoms with E-state index in [1.54, 1.807) is 0 Å². The molecule has 0 radical (unpaired) electrons. The molecule has 0 saturated carbocycles. The van der Waals surface area contributed by atoms with Crippen molar-refractivity contribution in [3.63, 3.8) is 0 Å². The topological polar surface area (TPSA) is 71.6 Å². The number of hydrogen-bond donors (Lipinski definition) is 3. The normalized spacial score (nSPS) is 26.5. The molecule has 6 heteroatoms. The molecule has 1 aromatic rings. The van der Waals surface area contributed by atoms with Crippen molar-refractivity contribution in [3.8, 4) is 5.75 Å². The summed E-state index contributed by atoms with van der Waals surface area (Å²) < 4.78 is 11.3. The molecule has 1 aromatic carbocycles. The quantitative estimate of drug-likeness (QED) is 0.714. The molecule has 2 fully saturated rings. The van der Waals surface area contributed by atoms with Crippen molar-refractivity contribution >= 4 is 11.6 Å². The van der Waals surface area contributed by atoms with E-state index >= 15 is 0 Å². The van der Waals surface area contributed by atoms with Gasteiger partial charge >= 0.3 is 0 Å². The van der Waals surface area contributed by atoms with Crippen LogP contribution < -0.4 is 20.9 Å². The maximum absolute atomic E-state index is 12.4. The summed E-state index contributed by atoms with van der Waals surface area (Å²) in [6.07, 6.45) is 5.34. The Kier molecular flexibility index (Phi) is 6.07. The van der Waals surface area contributed by atoms with Gasteiger partial charge in [0.05, 0.1) is 6.10 Å². The molecule has 2 saturated heterocycles. The average molecular weight is 333 g/mol. The minimum Gasteiger partial charge on any atom is -0.491 e. The molecule has 24 heavy (non-hydrogen) atoms. The fourth-order valence-electron chi connectivity index (χ4n) is 3.19. The second-order valence-electron chi connectivity index (χ2n) is 6.53. The van der Waals surface area contributed by atoms with Crippen molar-refractivity contribution < 1.29 is 14.3 Å². The van der Waals surface area contributed by atoms with Crippen LogP contribution >= 0.6 is 0 Å². The lowest BCUT2D eigenvalue weighted by Crippen LogP contribution is -2.40. The first-order valence-electron chi connectivity index (χ1n) is 8.91. The van der Waals surface area contributed by atoms with Gasteiger partial charge in [-0.3, -0.25) is 10.2 Å². The number of carbonyl (C=O) groups is 1. The third-order valence-electron chi connectivity index (χ3n) is 4.50. The Morgan fingerprint density at radius 1 is 1.42 bits per heavy atom. The van der Waals surface area contributed by atoms with Crippen molar-refractivity contribution in [3.05, 3.63) is 24.3 Å². The second kappa shape index (κ2) is 8.46. The number of nitrogens with one attached hydrogen (secondary N) is 3. The molecule has 6 nitrogen and oxygen atoms in total. The van der Waals surface area contributed by atoms with Crippen molar-refractivity contribution in [1.82, 2.24) is 10.9 Å². The highest BCUT2D eigenvalue weighted by Gasteiger charge is 2.28. The van der Waals surface area contributed by atoms with E-state index in [9.17, 15) is 4.79 Å². The minimum atomic E-state index is -0.196. The van der Waals surface area contributed by atoms with Crippen LogP contribution in [0.3, 0.4) is 0 Å². The van der Waals surface area contributed by atoms with Gasteiger partial charge in [-0.05, 0) is 37.8 Å². The molecular weight excluding hydrogens is 306 g/mol. The molecule has 0 aromatic heterocycles. The number of hydrogen-bond acceptors (Lipinski definition) is 5. The first kappa shape index (κ1) is 17.2. The summed E-state index contributed by atoms with van der Waals surface area (Å²) in [6, 6.07) is 7.70. The summed E-state index contributed by atoms with van der Waals surface area (Å²) >= 11 is 0. The molecule has 2 aliphatic heterocycles. The molecule has 132 valence electrons. The van der Waals surface area contributed by atoms with Gasteiger partial charge in [-0.15, -0.1) is 0 Å². The standard InChI is InChI=1S/C18H27N3O3/c1-2-5-14-11-17(21-20-14)18(22)19-13-6-3-7-15(10-13)24-12-16-8-4-9-23-16/h3,6-7,10,14,16-17,20-21H,2,4-5,8-9,11-12H2,1H3,(H,19,22). The Hall–Kier alpha value is -1.63. The van der Waals surface area contributed by atoms with Gasteiger partial charge in [0.15, 0.2) is 0 Å². The van der Waals surface area contributed by atoms with E-state index in [0.29, 0.717) is 12.6 Å². The lowest BCUT2D eigenvalue weighted by Gasteiger charge is -2.14. The lowest BCUT2D eigenvalue weighted by atomic mass is 10.1. The van der Waals surface area contributed by atoms with Gasteiger partial charge in [-0.2, -0.15) is 0 Å². The Bertz CT molecular complexity index is 546. The second-order valence-corrected chi connectivity index (χ2v) is 6.53. The maximum Gasteiger partial charge on any atom is 0.242 e. The molecule has 3 N–H and O–H groups in total. The molecule has 0 spiro atoms. The van der Waals surface area contributed by atoms with Crippen LogP contribution in [0.4, 0.5) is 5.69 Å². The van der Waals surface area contributed by atoms with E-state index in [0.717, 1.165) is 50.1 Å². The average Bonchev–Trinajstić information content (AvgIpc) is 3.25. The predicted octanol–water partition coefficient (Wildman–Crippen LogP) is 2.22. The molecule has 3 rings (SSSR count). The predicted molar refractivity (Wildman–Crippen MR) is 92.9 cm³/mol. The van der Waals surface area contributed by atoms with Gasteiger partial charge < -0.3 is 14.8 Å². The maximum atomic E-state index is 12.4. The van der Waals surface area contributed by atoms with E-state index < -0.39 is 0 Å². The highest BCUT2D eigenvalue weighted by molar-refractivity contribution is 5.95. The van der Waals surface area contributed by atoms with E-state index in [1.165, 1.54) is 0 Å². The molecule has 0 aliphatic carbocycles. The molecule has 3 unspecified atom stereocenters. The van der Waals surface area contributed by atoms with Gasteiger partial charge in [-0.25, -0.2) is 5.43 Å². The fraction of sp³-hybridized carbons (Fsp3) is 0.611. The van der Waals surface area contributed by atoms with Gasteiger partial charge in [-0.1, -0.05) is 19.4 Å². The Labute approximate surface area is 143 Å². The van der Waals surface area contributed by atoms with E-state index in [1.807, 2.05) is 24.3 Å². The third-order valence-corrected chi connectivity index (χ3v) is 4.50. The van der Waals surface area contributed by atoms with Gasteiger partial charge in [0.1, 0.15) is 18.4 Å². The highest BCUT2D eigenvalue weighted by atomic mass is 16.5. The van der Waals surface area contributed by atoms with Crippen molar-refractivity contribution in [1.29, 1.82) is 0 Å². The monoisotopic (exact) mass is 333 g/mol. The summed E-state index contributed by atoms with van der Waals surface area (Å²) in [5.41, 5.74) is 7.02. The number of benzene rings is 1. The van der Waals surface area contributed by atoms with Crippen LogP contribution in [0.1, 0.15) is 39.0 Å². The summed E-state index contributed by atoms with van der Waals surface area (Å²) in [5, 5.41) is 2.96. The SMILES string of the molecule is CCCC1CC(C(=O)Nc2cccc(OCC3CCCO3)c2)NN1. The van der Waals surface area contributed by atoms with Gasteiger partial charge in [0, 0.05) is 24.4 Å². The Morgan fingerprint density at radius 3 is 3.12 bits per heavy atom. The van der Waals surface area contributed by atoms with Crippen LogP contribution in [0.5, 0.6) is 5.75 Å². The van der Waals surface area contributed by atoms with Crippen molar-refractivity contribution in [2.45, 2.75) is 57.2 Å². The number of carbonyl (C=O) groups excluding carboxylic acids is 1. The van der Waals surface area contributed by atoms with Gasteiger partial charge in [0.25, 0.3) is 0 Å². The number of hydrazine groups is 1. The number of ether oxygens (including phenoxy) is 2. The van der Waals surface area contributed by atoms with Crippen LogP contribution in [0.2, 0.25) is 0 Å². The Morgan fingerprint density at radius 2 is 2.33 bits per heavy atom. The molecule has 2 heterocycles. The van der Waals surface area contributed by atoms with E-state index in [4.69, 9.17) is 9.47 Å². The highest BCUT2D eigenvalue weighted by Crippen LogP contribution is 2.20. The van der Waals surface area contributed by atoms with Crippen LogP contribution in [0.15, 0.2) is 24.3 Å². The number of rotatable bonds is 7. The summed E-state index contributed by atoms with van der Waals surface area (Å²) in [4.78, 5) is 12.4. The zero-order valence-corrected chi connectivity index (χ0v) is 14.2. The van der Waals surface area contributed by atoms with E-state index in [-0.39, 0.29) is 18.1 Å². The first-order chi connectivity index (χ1) is 11.7. The van der Waals surface area contributed by atoms with Crippen LogP contribution in [-0.2, 0) is 9.53 Å². The van der Waals surface area contributed by atoms with Gasteiger partial charge in [0.2, 0.25) is 5.91 Å². The number of amides is 1. The fourth-order valence-corrected chi connectivity index (χ4v) is 3.19. The first-order valence-corrected chi connectivity index (χ1v) is 8.91. The largest absolute Gasteiger partial charge is 0.491 e. The lowest BCUT2D eigenvalue weighted by molar-refractivity contribution is -0.117. The smallest absolute Gasteiger partial charge is 0.242 e. The minimum absolute atomic E-state index is 0.0163. The molecule has 1 amide bonds. The molecular formula is C18H27N3O3. The number of anilines is 1. The summed E-state index contributed by atoms with van der Waals surface area (Å²) in [6.45, 7) is 3.53.